The van der Waals surface area contributed by atoms with Crippen molar-refractivity contribution in [3.05, 3.63) is 75.7 Å². The van der Waals surface area contributed by atoms with Gasteiger partial charge < -0.3 is 10.2 Å². The number of aromatic nitrogens is 1. The molecule has 3 aromatic rings. The number of nitrogens with two attached hydrogens (primary N) is 1. The van der Waals surface area contributed by atoms with Gasteiger partial charge in [-0.3, -0.25) is 0 Å². The van der Waals surface area contributed by atoms with Crippen molar-refractivity contribution in [2.75, 3.05) is 5.73 Å². The van der Waals surface area contributed by atoms with Gasteiger partial charge in [-0.05, 0) is 67.8 Å². The Kier molecular flexibility index (Phi) is 4.95. The predicted molar refractivity (Wildman–Crippen MR) is 118 cm³/mol. The van der Waals surface area contributed by atoms with Crippen LogP contribution in [0.15, 0.2) is 56.4 Å². The van der Waals surface area contributed by atoms with Gasteiger partial charge in [-0.2, -0.15) is 10.5 Å². The molecule has 0 aliphatic heterocycles. The molecule has 0 bridgehead atoms. The Labute approximate surface area is 179 Å². The number of hydrogen-bond donors (Lipinski definition) is 1. The molecule has 0 fully saturated rings. The summed E-state index contributed by atoms with van der Waals surface area (Å²) < 4.78 is 6.00. The van der Waals surface area contributed by atoms with Crippen LogP contribution in [-0.2, 0) is 0 Å². The summed E-state index contributed by atoms with van der Waals surface area (Å²) in [5.41, 5.74) is 11.6. The summed E-state index contributed by atoms with van der Waals surface area (Å²) in [6.45, 7) is 5.76. The molecular formula is C24H18N4OS. The van der Waals surface area contributed by atoms with Crippen molar-refractivity contribution in [1.29, 1.82) is 10.5 Å². The Balaban J connectivity index is 1.76. The lowest BCUT2D eigenvalue weighted by atomic mass is 9.96. The van der Waals surface area contributed by atoms with Crippen molar-refractivity contribution in [2.24, 2.45) is 0 Å². The molecule has 0 saturated carbocycles. The number of nitriles is 2. The average molecular weight is 411 g/mol. The average Bonchev–Trinajstić information content (AvgIpc) is 3.26. The van der Waals surface area contributed by atoms with Crippen LogP contribution in [-0.4, -0.2) is 4.98 Å². The van der Waals surface area contributed by atoms with Crippen LogP contribution < -0.4 is 5.73 Å². The first kappa shape index (κ1) is 19.6. The summed E-state index contributed by atoms with van der Waals surface area (Å²) in [4.78, 5) is 5.44. The van der Waals surface area contributed by atoms with E-state index in [4.69, 9.17) is 10.2 Å². The first-order chi connectivity index (χ1) is 14.4. The third-order valence-electron chi connectivity index (χ3n) is 5.11. The van der Waals surface area contributed by atoms with Crippen LogP contribution in [0.2, 0.25) is 0 Å². The first-order valence-corrected chi connectivity index (χ1v) is 10.1. The summed E-state index contributed by atoms with van der Waals surface area (Å²) in [6.07, 6.45) is 1.89. The zero-order valence-electron chi connectivity index (χ0n) is 16.8. The monoisotopic (exact) mass is 410 g/mol. The molecule has 5 nitrogen and oxygen atoms in total. The Morgan fingerprint density at radius 2 is 1.77 bits per heavy atom. The van der Waals surface area contributed by atoms with E-state index in [9.17, 15) is 10.5 Å². The van der Waals surface area contributed by atoms with Gasteiger partial charge in [0.15, 0.2) is 5.09 Å². The molecule has 0 unspecified atom stereocenters. The van der Waals surface area contributed by atoms with Crippen molar-refractivity contribution in [3.63, 3.8) is 0 Å². The number of nitrogens with zero attached hydrogens (tertiary/aromatic N) is 3. The number of pyridine rings is 1. The van der Waals surface area contributed by atoms with Crippen molar-refractivity contribution < 1.29 is 4.42 Å². The highest BCUT2D eigenvalue weighted by Crippen LogP contribution is 2.44. The highest BCUT2D eigenvalue weighted by molar-refractivity contribution is 7.99. The van der Waals surface area contributed by atoms with Crippen molar-refractivity contribution in [3.8, 4) is 12.1 Å². The van der Waals surface area contributed by atoms with Crippen LogP contribution in [0.4, 0.5) is 5.82 Å². The number of furan rings is 1. The molecule has 2 heterocycles. The number of nitrogen functional groups attached to an aromatic ring is 1. The highest BCUT2D eigenvalue weighted by Gasteiger charge is 2.29. The third kappa shape index (κ3) is 3.28. The topological polar surface area (TPSA) is 99.6 Å². The van der Waals surface area contributed by atoms with Crippen LogP contribution in [0.5, 0.6) is 0 Å². The van der Waals surface area contributed by atoms with Crippen molar-refractivity contribution in [1.82, 2.24) is 4.98 Å². The molecule has 0 amide bonds. The van der Waals surface area contributed by atoms with Gasteiger partial charge in [-0.15, -0.1) is 0 Å². The van der Waals surface area contributed by atoms with Gasteiger partial charge in [0.2, 0.25) is 0 Å². The Hall–Kier alpha value is -3.74. The molecule has 4 rings (SSSR count). The van der Waals surface area contributed by atoms with Crippen LogP contribution in [0.25, 0.3) is 17.2 Å². The van der Waals surface area contributed by atoms with Crippen molar-refractivity contribution in [2.45, 2.75) is 30.8 Å². The zero-order valence-corrected chi connectivity index (χ0v) is 17.6. The smallest absolute Gasteiger partial charge is 0.165 e. The molecule has 0 saturated heterocycles. The Morgan fingerprint density at radius 1 is 1.03 bits per heavy atom. The first-order valence-electron chi connectivity index (χ1n) is 9.31. The molecular weight excluding hydrogens is 392 g/mol. The fraction of sp³-hybridized carbons (Fsp3) is 0.125. The Bertz CT molecular complexity index is 1310. The number of benzene rings is 1. The normalized spacial score (nSPS) is 14.0. The van der Waals surface area contributed by atoms with Gasteiger partial charge in [0.1, 0.15) is 23.7 Å². The molecule has 30 heavy (non-hydrogen) atoms. The maximum absolute atomic E-state index is 9.66. The third-order valence-corrected chi connectivity index (χ3v) is 6.04. The van der Waals surface area contributed by atoms with E-state index < -0.39 is 0 Å². The maximum atomic E-state index is 9.66. The number of fused-ring (bicyclic) bond motifs is 1. The summed E-state index contributed by atoms with van der Waals surface area (Å²) in [5, 5.41) is 19.9. The lowest BCUT2D eigenvalue weighted by molar-refractivity contribution is 0.466. The molecule has 1 aliphatic rings. The minimum absolute atomic E-state index is 0.144. The van der Waals surface area contributed by atoms with E-state index in [-0.39, 0.29) is 5.82 Å². The van der Waals surface area contributed by atoms with Gasteiger partial charge in [0.25, 0.3) is 0 Å². The van der Waals surface area contributed by atoms with E-state index >= 15 is 0 Å². The van der Waals surface area contributed by atoms with Crippen molar-refractivity contribution >= 4 is 34.8 Å². The van der Waals surface area contributed by atoms with Gasteiger partial charge in [-0.25, -0.2) is 4.98 Å². The van der Waals surface area contributed by atoms with Crippen LogP contribution in [0.1, 0.15) is 40.6 Å². The second-order valence-electron chi connectivity index (χ2n) is 7.07. The zero-order chi connectivity index (χ0) is 21.4. The molecule has 6 heteroatoms. The van der Waals surface area contributed by atoms with Crippen LogP contribution in [0, 0.1) is 36.5 Å². The van der Waals surface area contributed by atoms with E-state index in [2.05, 4.69) is 48.3 Å². The van der Waals surface area contributed by atoms with E-state index in [1.165, 1.54) is 5.56 Å². The molecule has 2 aromatic heterocycles. The molecule has 0 spiro atoms. The minimum Gasteiger partial charge on any atom is -0.450 e. The molecule has 1 aromatic carbocycles. The highest BCUT2D eigenvalue weighted by atomic mass is 32.2. The van der Waals surface area contributed by atoms with E-state index in [0.29, 0.717) is 22.6 Å². The predicted octanol–water partition coefficient (Wildman–Crippen LogP) is 5.75. The molecule has 1 aliphatic carbocycles. The quantitative estimate of drug-likeness (QED) is 0.590. The standard InChI is InChI=1S/C24H18N4OS/c1-13-4-7-17(8-5-13)30-21-9-6-16(29-21)10-18-14(2)19(11-25)23-22(18)15(3)20(12-26)24(27)28-23/h4-10H,1-3H3,(H2,27,28). The Morgan fingerprint density at radius 3 is 2.43 bits per heavy atom. The van der Waals surface area contributed by atoms with Gasteiger partial charge >= 0.3 is 0 Å². The summed E-state index contributed by atoms with van der Waals surface area (Å²) in [7, 11) is 0. The lowest BCUT2D eigenvalue weighted by Gasteiger charge is -2.10. The van der Waals surface area contributed by atoms with E-state index in [0.717, 1.165) is 32.3 Å². The fourth-order valence-corrected chi connectivity index (χ4v) is 4.31. The van der Waals surface area contributed by atoms with Gasteiger partial charge in [-0.1, -0.05) is 29.5 Å². The SMILES string of the molecule is CC1=C(C#N)c2nc(N)c(C#N)c(C)c2C1=Cc1ccc(Sc2ccc(C)cc2)o1. The van der Waals surface area contributed by atoms with E-state index in [1.54, 1.807) is 11.8 Å². The summed E-state index contributed by atoms with van der Waals surface area (Å²) in [6, 6.07) is 16.4. The van der Waals surface area contributed by atoms with E-state index in [1.807, 2.05) is 32.1 Å². The summed E-state index contributed by atoms with van der Waals surface area (Å²) >= 11 is 1.55. The maximum Gasteiger partial charge on any atom is 0.165 e. The second kappa shape index (κ2) is 7.59. The van der Waals surface area contributed by atoms with Gasteiger partial charge in [0, 0.05) is 10.5 Å². The second-order valence-corrected chi connectivity index (χ2v) is 8.15. The number of aryl methyl sites for hydroxylation is 1. The minimum atomic E-state index is 0.144. The number of hydrogen-bond acceptors (Lipinski definition) is 6. The largest absolute Gasteiger partial charge is 0.450 e. The molecule has 0 atom stereocenters. The molecule has 146 valence electrons. The van der Waals surface area contributed by atoms with Crippen LogP contribution in [0.3, 0.4) is 0 Å². The number of allylic oxidation sites excluding steroid dienone is 3. The lowest BCUT2D eigenvalue weighted by Crippen LogP contribution is -2.03. The number of rotatable bonds is 3. The summed E-state index contributed by atoms with van der Waals surface area (Å²) in [5.74, 6) is 0.809. The number of anilines is 1. The van der Waals surface area contributed by atoms with Crippen LogP contribution >= 0.6 is 11.8 Å². The molecule has 2 N–H and O–H groups in total. The van der Waals surface area contributed by atoms with Gasteiger partial charge in [0.05, 0.1) is 16.8 Å². The molecule has 0 radical (unpaired) electrons. The fourth-order valence-electron chi connectivity index (χ4n) is 3.53.